The predicted molar refractivity (Wildman–Crippen MR) is 57.9 cm³/mol. The second kappa shape index (κ2) is 5.92. The number of aliphatic hydroxyl groups excluding tert-OH is 1. The molecule has 21 heavy (non-hydrogen) atoms. The smallest absolute Gasteiger partial charge is 0.416 e. The van der Waals surface area contributed by atoms with E-state index < -0.39 is 47.7 Å². The van der Waals surface area contributed by atoms with E-state index in [1.54, 1.807) is 0 Å². The van der Waals surface area contributed by atoms with Gasteiger partial charge in [0.2, 0.25) is 0 Å². The molecule has 0 aliphatic heterocycles. The number of carbonyl (C=O) groups excluding carboxylic acids is 1. The quantitative estimate of drug-likeness (QED) is 0.686. The summed E-state index contributed by atoms with van der Waals surface area (Å²) in [6, 6.07) is 0.769. The number of carbonyl (C=O) groups is 1. The Hall–Kier alpha value is -1.77. The zero-order valence-electron chi connectivity index (χ0n) is 10.5. The molecule has 0 heterocycles. The maximum absolute atomic E-state index is 13.6. The zero-order valence-corrected chi connectivity index (χ0v) is 10.5. The summed E-state index contributed by atoms with van der Waals surface area (Å²) >= 11 is 0. The Morgan fingerprint density at radius 2 is 1.86 bits per heavy atom. The van der Waals surface area contributed by atoms with Crippen molar-refractivity contribution in [3.8, 4) is 0 Å². The molecule has 1 unspecified atom stereocenters. The van der Waals surface area contributed by atoms with Crippen molar-refractivity contribution in [3.05, 3.63) is 35.1 Å². The Bertz CT molecular complexity index is 526. The molecule has 1 aromatic rings. The minimum Gasteiger partial charge on any atom is -0.461 e. The molecule has 0 saturated heterocycles. The van der Waals surface area contributed by atoms with E-state index in [2.05, 4.69) is 4.74 Å². The number of esters is 1. The molecule has 3 nitrogen and oxygen atoms in total. The van der Waals surface area contributed by atoms with Crippen LogP contribution in [0.2, 0.25) is 0 Å². The molecule has 0 aliphatic rings. The van der Waals surface area contributed by atoms with Gasteiger partial charge in [0.05, 0.1) is 12.2 Å². The zero-order chi connectivity index (χ0) is 16.4. The van der Waals surface area contributed by atoms with Crippen molar-refractivity contribution in [2.24, 2.45) is 0 Å². The highest BCUT2D eigenvalue weighted by Crippen LogP contribution is 2.40. The number of aliphatic hydroxyl groups is 1. The van der Waals surface area contributed by atoms with Gasteiger partial charge in [0, 0.05) is 0 Å². The van der Waals surface area contributed by atoms with Crippen LogP contribution in [0.3, 0.4) is 0 Å². The lowest BCUT2D eigenvalue weighted by molar-refractivity contribution is -0.190. The highest BCUT2D eigenvalue weighted by Gasteiger charge is 2.51. The molecule has 0 aromatic heterocycles. The maximum Gasteiger partial charge on any atom is 0.416 e. The third-order valence-corrected chi connectivity index (χ3v) is 2.51. The summed E-state index contributed by atoms with van der Waals surface area (Å²) in [6.07, 6.45) is -8.29. The van der Waals surface area contributed by atoms with E-state index in [4.69, 9.17) is 0 Å². The van der Waals surface area contributed by atoms with Crippen molar-refractivity contribution in [2.75, 3.05) is 6.61 Å². The summed E-state index contributed by atoms with van der Waals surface area (Å²) in [7, 11) is 0. The molecular formula is C12H10F6O3. The van der Waals surface area contributed by atoms with Gasteiger partial charge in [-0.3, -0.25) is 0 Å². The van der Waals surface area contributed by atoms with Gasteiger partial charge < -0.3 is 9.84 Å². The van der Waals surface area contributed by atoms with Crippen LogP contribution in [-0.4, -0.2) is 23.6 Å². The highest BCUT2D eigenvalue weighted by molar-refractivity contribution is 5.78. The Labute approximate surface area is 115 Å². The van der Waals surface area contributed by atoms with Crippen LogP contribution in [0, 0.1) is 5.82 Å². The molecule has 9 heteroatoms. The standard InChI is InChI=1S/C12H10F6O3/c1-2-21-10(20)11(14,15)9(19)7-4-3-6(13)5-8(7)12(16,17)18/h3-5,9,19H,2H2,1H3. The first-order valence-electron chi connectivity index (χ1n) is 5.61. The lowest BCUT2D eigenvalue weighted by Gasteiger charge is -2.23. The van der Waals surface area contributed by atoms with E-state index >= 15 is 0 Å². The van der Waals surface area contributed by atoms with Crippen molar-refractivity contribution < 1.29 is 41.0 Å². The van der Waals surface area contributed by atoms with Gasteiger partial charge in [-0.15, -0.1) is 0 Å². The predicted octanol–water partition coefficient (Wildman–Crippen LogP) is 3.08. The molecule has 1 N–H and O–H groups in total. The number of rotatable bonds is 4. The van der Waals surface area contributed by atoms with Gasteiger partial charge in [0.25, 0.3) is 0 Å². The van der Waals surface area contributed by atoms with Gasteiger partial charge in [-0.25, -0.2) is 9.18 Å². The number of alkyl halides is 5. The van der Waals surface area contributed by atoms with Crippen molar-refractivity contribution in [1.29, 1.82) is 0 Å². The van der Waals surface area contributed by atoms with Crippen LogP contribution in [0.4, 0.5) is 26.3 Å². The second-order valence-electron chi connectivity index (χ2n) is 3.98. The van der Waals surface area contributed by atoms with Gasteiger partial charge in [-0.2, -0.15) is 22.0 Å². The summed E-state index contributed by atoms with van der Waals surface area (Å²) in [4.78, 5) is 11.0. The van der Waals surface area contributed by atoms with E-state index in [-0.39, 0.29) is 6.07 Å². The van der Waals surface area contributed by atoms with Gasteiger partial charge >= 0.3 is 18.1 Å². The minimum absolute atomic E-state index is 0.0419. The molecular weight excluding hydrogens is 306 g/mol. The number of benzene rings is 1. The van der Waals surface area contributed by atoms with Crippen LogP contribution in [0.1, 0.15) is 24.2 Å². The summed E-state index contributed by atoms with van der Waals surface area (Å²) in [5.41, 5.74) is -3.11. The molecule has 1 atom stereocenters. The lowest BCUT2D eigenvalue weighted by atomic mass is 9.97. The van der Waals surface area contributed by atoms with E-state index in [1.807, 2.05) is 0 Å². The molecule has 0 aliphatic carbocycles. The summed E-state index contributed by atoms with van der Waals surface area (Å²) in [5, 5.41) is 9.41. The molecule has 118 valence electrons. The van der Waals surface area contributed by atoms with Crippen molar-refractivity contribution in [2.45, 2.75) is 25.1 Å². The largest absolute Gasteiger partial charge is 0.461 e. The molecule has 0 amide bonds. The van der Waals surface area contributed by atoms with Crippen LogP contribution < -0.4 is 0 Å². The monoisotopic (exact) mass is 316 g/mol. The van der Waals surface area contributed by atoms with Crippen LogP contribution in [0.15, 0.2) is 18.2 Å². The van der Waals surface area contributed by atoms with Crippen molar-refractivity contribution >= 4 is 5.97 Å². The van der Waals surface area contributed by atoms with Gasteiger partial charge in [0.1, 0.15) is 5.82 Å². The molecule has 0 spiro atoms. The summed E-state index contributed by atoms with van der Waals surface area (Å²) in [5.74, 6) is -8.10. The lowest BCUT2D eigenvalue weighted by Crippen LogP contribution is -2.38. The van der Waals surface area contributed by atoms with Crippen LogP contribution in [-0.2, 0) is 15.7 Å². The SMILES string of the molecule is CCOC(=O)C(F)(F)C(O)c1ccc(F)cc1C(F)(F)F. The fraction of sp³-hybridized carbons (Fsp3) is 0.417. The Kier molecular flexibility index (Phi) is 4.87. The minimum atomic E-state index is -5.18. The topological polar surface area (TPSA) is 46.5 Å². The third kappa shape index (κ3) is 3.66. The van der Waals surface area contributed by atoms with Gasteiger partial charge in [-0.1, -0.05) is 6.07 Å². The molecule has 1 rings (SSSR count). The first-order valence-corrected chi connectivity index (χ1v) is 5.61. The fourth-order valence-electron chi connectivity index (χ4n) is 1.55. The molecule has 0 saturated carbocycles. The van der Waals surface area contributed by atoms with E-state index in [0.29, 0.717) is 12.1 Å². The van der Waals surface area contributed by atoms with Gasteiger partial charge in [0.15, 0.2) is 6.10 Å². The molecule has 1 aromatic carbocycles. The van der Waals surface area contributed by atoms with Crippen LogP contribution >= 0.6 is 0 Å². The van der Waals surface area contributed by atoms with E-state index in [9.17, 15) is 36.2 Å². The average molecular weight is 316 g/mol. The van der Waals surface area contributed by atoms with Gasteiger partial charge in [-0.05, 0) is 24.6 Å². The van der Waals surface area contributed by atoms with Crippen molar-refractivity contribution in [1.82, 2.24) is 0 Å². The van der Waals surface area contributed by atoms with Crippen LogP contribution in [0.5, 0.6) is 0 Å². The molecule has 0 bridgehead atoms. The van der Waals surface area contributed by atoms with Crippen molar-refractivity contribution in [3.63, 3.8) is 0 Å². The molecule has 0 fully saturated rings. The Balaban J connectivity index is 3.30. The first kappa shape index (κ1) is 17.3. The number of halogens is 6. The Morgan fingerprint density at radius 3 is 2.33 bits per heavy atom. The number of ether oxygens (including phenoxy) is 1. The number of hydrogen-bond acceptors (Lipinski definition) is 3. The summed E-state index contributed by atoms with van der Waals surface area (Å²) in [6.45, 7) is 0.760. The molecule has 0 radical (unpaired) electrons. The van der Waals surface area contributed by atoms with E-state index in [1.165, 1.54) is 6.92 Å². The number of hydrogen-bond donors (Lipinski definition) is 1. The van der Waals surface area contributed by atoms with Crippen LogP contribution in [0.25, 0.3) is 0 Å². The maximum atomic E-state index is 13.6. The fourth-order valence-corrected chi connectivity index (χ4v) is 1.55. The average Bonchev–Trinajstić information content (AvgIpc) is 2.37. The highest BCUT2D eigenvalue weighted by atomic mass is 19.4. The second-order valence-corrected chi connectivity index (χ2v) is 3.98. The third-order valence-electron chi connectivity index (χ3n) is 2.51. The first-order chi connectivity index (χ1) is 9.51. The summed E-state index contributed by atoms with van der Waals surface area (Å²) < 4.78 is 82.0. The van der Waals surface area contributed by atoms with E-state index in [0.717, 1.165) is 0 Å². The normalized spacial score (nSPS) is 13.9. The Morgan fingerprint density at radius 1 is 1.29 bits per heavy atom.